The van der Waals surface area contributed by atoms with Crippen LogP contribution in [0.25, 0.3) is 0 Å². The van der Waals surface area contributed by atoms with Crippen molar-refractivity contribution in [2.45, 2.75) is 45.7 Å². The predicted molar refractivity (Wildman–Crippen MR) is 94.6 cm³/mol. The Labute approximate surface area is 149 Å². The second kappa shape index (κ2) is 10.4. The number of ether oxygens (including phenoxy) is 1. The molecule has 0 aromatic rings. The lowest BCUT2D eigenvalue weighted by atomic mass is 9.92. The van der Waals surface area contributed by atoms with Gasteiger partial charge >= 0.3 is 0 Å². The van der Waals surface area contributed by atoms with Gasteiger partial charge in [0.05, 0.1) is 25.1 Å². The molecule has 1 rings (SSSR count). The van der Waals surface area contributed by atoms with Crippen LogP contribution in [-0.2, 0) is 19.1 Å². The molecule has 0 saturated carbocycles. The van der Waals surface area contributed by atoms with Gasteiger partial charge in [0.2, 0.25) is 17.7 Å². The number of nitrogens with zero attached hydrogens (tertiary/aromatic N) is 1. The fraction of sp³-hybridized carbons (Fsp3) is 0.824. The average Bonchev–Trinajstić information content (AvgIpc) is 2.58. The average molecular weight is 356 g/mol. The van der Waals surface area contributed by atoms with Gasteiger partial charge in [-0.2, -0.15) is 0 Å². The lowest BCUT2D eigenvalue weighted by Gasteiger charge is -2.37. The maximum atomic E-state index is 12.5. The molecule has 8 heteroatoms. The molecule has 0 spiro atoms. The summed E-state index contributed by atoms with van der Waals surface area (Å²) in [6.45, 7) is 6.85. The van der Waals surface area contributed by atoms with Crippen molar-refractivity contribution in [3.05, 3.63) is 0 Å². The van der Waals surface area contributed by atoms with Crippen LogP contribution in [0.5, 0.6) is 0 Å². The van der Waals surface area contributed by atoms with Gasteiger partial charge in [0.25, 0.3) is 0 Å². The van der Waals surface area contributed by atoms with E-state index in [9.17, 15) is 14.4 Å². The molecule has 0 aromatic heterocycles. The molecule has 144 valence electrons. The summed E-state index contributed by atoms with van der Waals surface area (Å²) in [7, 11) is 1.58. The molecule has 1 heterocycles. The monoisotopic (exact) mass is 356 g/mol. The Bertz CT molecular complexity index is 470. The Kier molecular flexibility index (Phi) is 8.85. The lowest BCUT2D eigenvalue weighted by molar-refractivity contribution is -0.139. The van der Waals surface area contributed by atoms with E-state index >= 15 is 0 Å². The van der Waals surface area contributed by atoms with Gasteiger partial charge in [-0.05, 0) is 25.7 Å². The van der Waals surface area contributed by atoms with Crippen LogP contribution in [0.15, 0.2) is 0 Å². The predicted octanol–water partition coefficient (Wildman–Crippen LogP) is -0.524. The Morgan fingerprint density at radius 1 is 1.24 bits per heavy atom. The largest absolute Gasteiger partial charge is 0.383 e. The molecule has 0 aliphatic carbocycles. The number of hydrogen-bond donors (Lipinski definition) is 3. The van der Waals surface area contributed by atoms with E-state index in [1.807, 2.05) is 20.8 Å². The van der Waals surface area contributed by atoms with Crippen molar-refractivity contribution in [1.82, 2.24) is 15.5 Å². The molecular weight excluding hydrogens is 324 g/mol. The zero-order valence-corrected chi connectivity index (χ0v) is 15.7. The van der Waals surface area contributed by atoms with Crippen molar-refractivity contribution in [1.29, 1.82) is 0 Å². The minimum absolute atomic E-state index is 0.00388. The summed E-state index contributed by atoms with van der Waals surface area (Å²) in [6.07, 6.45) is 1.50. The highest BCUT2D eigenvalue weighted by molar-refractivity contribution is 5.88. The summed E-state index contributed by atoms with van der Waals surface area (Å²) in [5.74, 6) is -0.810. The van der Waals surface area contributed by atoms with E-state index in [4.69, 9.17) is 10.5 Å². The number of nitrogens with one attached hydrogen (secondary N) is 2. The number of hydrogen-bond acceptors (Lipinski definition) is 5. The lowest BCUT2D eigenvalue weighted by Crippen LogP contribution is -2.53. The molecule has 3 atom stereocenters. The van der Waals surface area contributed by atoms with Crippen LogP contribution in [0, 0.1) is 11.8 Å². The molecule has 1 fully saturated rings. The smallest absolute Gasteiger partial charge is 0.242 e. The maximum absolute atomic E-state index is 12.5. The highest BCUT2D eigenvalue weighted by Crippen LogP contribution is 2.22. The third-order valence-corrected chi connectivity index (χ3v) is 4.61. The van der Waals surface area contributed by atoms with Gasteiger partial charge in [-0.3, -0.25) is 14.4 Å². The molecule has 4 N–H and O–H groups in total. The van der Waals surface area contributed by atoms with Gasteiger partial charge in [0.15, 0.2) is 0 Å². The number of methoxy groups -OCH3 is 1. The van der Waals surface area contributed by atoms with Crippen LogP contribution in [0.4, 0.5) is 0 Å². The SMILES string of the molecule is COCCNC(=O)C1CCC(C)N(C(=O)CNC(=O)[C@@H](N)C(C)C)C1. The molecule has 0 bridgehead atoms. The van der Waals surface area contributed by atoms with Crippen molar-refractivity contribution in [2.24, 2.45) is 17.6 Å². The van der Waals surface area contributed by atoms with E-state index in [0.29, 0.717) is 19.7 Å². The summed E-state index contributed by atoms with van der Waals surface area (Å²) < 4.78 is 4.92. The van der Waals surface area contributed by atoms with Crippen molar-refractivity contribution in [3.8, 4) is 0 Å². The number of carbonyl (C=O) groups excluding carboxylic acids is 3. The summed E-state index contributed by atoms with van der Waals surface area (Å²) in [6, 6.07) is -0.586. The fourth-order valence-electron chi connectivity index (χ4n) is 2.77. The standard InChI is InChI=1S/C17H32N4O4/c1-11(2)15(18)17(24)20-9-14(22)21-10-13(6-5-12(21)3)16(23)19-7-8-25-4/h11-13,15H,5-10,18H2,1-4H3,(H,19,23)(H,20,24)/t12?,13?,15-/m0/s1. The van der Waals surface area contributed by atoms with E-state index in [0.717, 1.165) is 12.8 Å². The van der Waals surface area contributed by atoms with Gasteiger partial charge in [-0.25, -0.2) is 0 Å². The van der Waals surface area contributed by atoms with Gasteiger partial charge in [-0.15, -0.1) is 0 Å². The molecule has 0 aromatic carbocycles. The summed E-state index contributed by atoms with van der Waals surface area (Å²) in [5.41, 5.74) is 5.77. The van der Waals surface area contributed by atoms with Crippen LogP contribution in [0.2, 0.25) is 0 Å². The molecule has 3 amide bonds. The highest BCUT2D eigenvalue weighted by Gasteiger charge is 2.32. The first-order valence-electron chi connectivity index (χ1n) is 8.87. The molecule has 0 radical (unpaired) electrons. The van der Waals surface area contributed by atoms with Crippen LogP contribution in [-0.4, -0.2) is 68.1 Å². The highest BCUT2D eigenvalue weighted by atomic mass is 16.5. The molecule has 1 saturated heterocycles. The van der Waals surface area contributed by atoms with E-state index in [2.05, 4.69) is 10.6 Å². The Morgan fingerprint density at radius 3 is 2.52 bits per heavy atom. The topological polar surface area (TPSA) is 114 Å². The molecule has 2 unspecified atom stereocenters. The van der Waals surface area contributed by atoms with Crippen LogP contribution < -0.4 is 16.4 Å². The number of nitrogens with two attached hydrogens (primary N) is 1. The van der Waals surface area contributed by atoms with Crippen molar-refractivity contribution in [2.75, 3.05) is 33.4 Å². The van der Waals surface area contributed by atoms with E-state index in [1.165, 1.54) is 0 Å². The zero-order valence-electron chi connectivity index (χ0n) is 15.7. The van der Waals surface area contributed by atoms with Crippen LogP contribution in [0.3, 0.4) is 0 Å². The third-order valence-electron chi connectivity index (χ3n) is 4.61. The van der Waals surface area contributed by atoms with Crippen molar-refractivity contribution in [3.63, 3.8) is 0 Å². The number of piperidine rings is 1. The van der Waals surface area contributed by atoms with Crippen LogP contribution in [0.1, 0.15) is 33.6 Å². The summed E-state index contributed by atoms with van der Waals surface area (Å²) >= 11 is 0. The van der Waals surface area contributed by atoms with Gasteiger partial charge in [0.1, 0.15) is 0 Å². The quantitative estimate of drug-likeness (QED) is 0.506. The molecule has 25 heavy (non-hydrogen) atoms. The number of amides is 3. The van der Waals surface area contributed by atoms with Gasteiger partial charge in [0, 0.05) is 26.2 Å². The third kappa shape index (κ3) is 6.62. The second-order valence-electron chi connectivity index (χ2n) is 6.94. The van der Waals surface area contributed by atoms with Gasteiger partial charge < -0.3 is 26.0 Å². The molecule has 8 nitrogen and oxygen atoms in total. The van der Waals surface area contributed by atoms with E-state index in [-0.39, 0.29) is 42.1 Å². The maximum Gasteiger partial charge on any atom is 0.242 e. The Hall–Kier alpha value is -1.67. The van der Waals surface area contributed by atoms with Crippen molar-refractivity contribution >= 4 is 17.7 Å². The first-order valence-corrected chi connectivity index (χ1v) is 8.87. The van der Waals surface area contributed by atoms with Crippen molar-refractivity contribution < 1.29 is 19.1 Å². The number of carbonyl (C=O) groups is 3. The number of likely N-dealkylation sites (tertiary alicyclic amines) is 1. The summed E-state index contributed by atoms with van der Waals surface area (Å²) in [4.78, 5) is 38.2. The minimum Gasteiger partial charge on any atom is -0.383 e. The number of rotatable bonds is 8. The first kappa shape index (κ1) is 21.4. The summed E-state index contributed by atoms with van der Waals surface area (Å²) in [5, 5.41) is 5.41. The Balaban J connectivity index is 2.52. The first-order chi connectivity index (χ1) is 11.8. The molecular formula is C17H32N4O4. The zero-order chi connectivity index (χ0) is 19.0. The van der Waals surface area contributed by atoms with Gasteiger partial charge in [-0.1, -0.05) is 13.8 Å². The van der Waals surface area contributed by atoms with Crippen LogP contribution >= 0.6 is 0 Å². The Morgan fingerprint density at radius 2 is 1.92 bits per heavy atom. The molecule has 1 aliphatic heterocycles. The van der Waals surface area contributed by atoms with E-state index in [1.54, 1.807) is 12.0 Å². The fourth-order valence-corrected chi connectivity index (χ4v) is 2.77. The van der Waals surface area contributed by atoms with E-state index < -0.39 is 6.04 Å². The minimum atomic E-state index is -0.633. The molecule has 1 aliphatic rings. The normalized spacial score (nSPS) is 21.8. The second-order valence-corrected chi connectivity index (χ2v) is 6.94.